The number of halogens is 1. The molecule has 0 spiro atoms. The van der Waals surface area contributed by atoms with Crippen molar-refractivity contribution in [3.8, 4) is 0 Å². The lowest BCUT2D eigenvalue weighted by atomic mass is 9.92. The molecule has 0 saturated carbocycles. The largest absolute Gasteiger partial charge is 0.381 e. The summed E-state index contributed by atoms with van der Waals surface area (Å²) in [5.41, 5.74) is 1.03. The van der Waals surface area contributed by atoms with Crippen molar-refractivity contribution in [2.45, 2.75) is 20.3 Å². The Morgan fingerprint density at radius 1 is 1.11 bits per heavy atom. The minimum Gasteiger partial charge on any atom is -0.381 e. The third-order valence-corrected chi connectivity index (χ3v) is 3.45. The summed E-state index contributed by atoms with van der Waals surface area (Å²) >= 11 is 6.02. The van der Waals surface area contributed by atoms with Crippen LogP contribution in [0.1, 0.15) is 41.0 Å². The van der Waals surface area contributed by atoms with Gasteiger partial charge in [0.05, 0.1) is 0 Å². The summed E-state index contributed by atoms with van der Waals surface area (Å²) in [4.78, 5) is 24.4. The van der Waals surface area contributed by atoms with E-state index in [0.29, 0.717) is 23.6 Å². The summed E-state index contributed by atoms with van der Waals surface area (Å²) in [5, 5.41) is 2.99. The molecule has 0 amide bonds. The number of hydrogen-bond acceptors (Lipinski definition) is 3. The Morgan fingerprint density at radius 3 is 2.26 bits per heavy atom. The average molecular weight is 278 g/mol. The number of carbonyl (C=O) groups excluding carboxylic acids is 2. The molecule has 0 aromatic heterocycles. The molecule has 19 heavy (non-hydrogen) atoms. The summed E-state index contributed by atoms with van der Waals surface area (Å²) in [6, 6.07) is 6.76. The van der Waals surface area contributed by atoms with Crippen LogP contribution in [-0.4, -0.2) is 18.1 Å². The van der Waals surface area contributed by atoms with Crippen LogP contribution in [0.3, 0.4) is 0 Å². The molecule has 4 heteroatoms. The van der Waals surface area contributed by atoms with Crippen LogP contribution >= 0.6 is 11.6 Å². The molecule has 2 rings (SSSR count). The van der Waals surface area contributed by atoms with Crippen molar-refractivity contribution in [2.24, 2.45) is 5.92 Å². The van der Waals surface area contributed by atoms with Crippen molar-refractivity contribution in [3.63, 3.8) is 0 Å². The van der Waals surface area contributed by atoms with Gasteiger partial charge in [-0.15, -0.1) is 0 Å². The normalized spacial score (nSPS) is 14.9. The lowest BCUT2D eigenvalue weighted by Crippen LogP contribution is -2.30. The van der Waals surface area contributed by atoms with Gasteiger partial charge in [0.15, 0.2) is 0 Å². The fraction of sp³-hybridized carbons (Fsp3) is 0.333. The number of rotatable bonds is 4. The van der Waals surface area contributed by atoms with Crippen molar-refractivity contribution in [1.29, 1.82) is 0 Å². The standard InChI is InChI=1S/C15H16ClNO2/c1-9(2)7-8-17-13-12(16)14(18)10-5-3-4-6-11(10)15(13)19/h3-6,9,17H,7-8H2,1-2H3. The van der Waals surface area contributed by atoms with Crippen molar-refractivity contribution >= 4 is 23.2 Å². The van der Waals surface area contributed by atoms with E-state index in [1.165, 1.54) is 0 Å². The second-order valence-electron chi connectivity index (χ2n) is 5.00. The molecule has 1 aliphatic rings. The van der Waals surface area contributed by atoms with Gasteiger partial charge < -0.3 is 5.32 Å². The van der Waals surface area contributed by atoms with Crippen LogP contribution in [0.25, 0.3) is 0 Å². The first-order chi connectivity index (χ1) is 9.02. The van der Waals surface area contributed by atoms with Crippen molar-refractivity contribution in [2.75, 3.05) is 6.54 Å². The van der Waals surface area contributed by atoms with Gasteiger partial charge in [0, 0.05) is 17.7 Å². The maximum atomic E-state index is 12.3. The van der Waals surface area contributed by atoms with Gasteiger partial charge in [0.2, 0.25) is 11.6 Å². The van der Waals surface area contributed by atoms with Crippen molar-refractivity contribution in [3.05, 3.63) is 46.1 Å². The number of ketones is 2. The lowest BCUT2D eigenvalue weighted by Gasteiger charge is -2.19. The van der Waals surface area contributed by atoms with Crippen LogP contribution in [0.15, 0.2) is 35.0 Å². The molecule has 1 aromatic carbocycles. The smallest absolute Gasteiger partial charge is 0.211 e. The Morgan fingerprint density at radius 2 is 1.68 bits per heavy atom. The molecule has 0 atom stereocenters. The van der Waals surface area contributed by atoms with Gasteiger partial charge in [-0.1, -0.05) is 49.7 Å². The number of carbonyl (C=O) groups is 2. The summed E-state index contributed by atoms with van der Waals surface area (Å²) in [7, 11) is 0. The van der Waals surface area contributed by atoms with E-state index in [1.807, 2.05) is 0 Å². The van der Waals surface area contributed by atoms with E-state index in [9.17, 15) is 9.59 Å². The van der Waals surface area contributed by atoms with Crippen LogP contribution in [0.4, 0.5) is 0 Å². The molecule has 0 radical (unpaired) electrons. The second-order valence-corrected chi connectivity index (χ2v) is 5.38. The van der Waals surface area contributed by atoms with E-state index >= 15 is 0 Å². The molecular weight excluding hydrogens is 262 g/mol. The molecular formula is C15H16ClNO2. The van der Waals surface area contributed by atoms with Crippen molar-refractivity contribution < 1.29 is 9.59 Å². The highest BCUT2D eigenvalue weighted by atomic mass is 35.5. The zero-order chi connectivity index (χ0) is 14.0. The summed E-state index contributed by atoms with van der Waals surface area (Å²) in [6.07, 6.45) is 0.913. The molecule has 1 aliphatic carbocycles. The highest BCUT2D eigenvalue weighted by molar-refractivity contribution is 6.49. The van der Waals surface area contributed by atoms with Crippen LogP contribution in [-0.2, 0) is 0 Å². The summed E-state index contributed by atoms with van der Waals surface area (Å²) in [6.45, 7) is 4.83. The second kappa shape index (κ2) is 5.57. The zero-order valence-corrected chi connectivity index (χ0v) is 11.8. The topological polar surface area (TPSA) is 46.2 Å². The lowest BCUT2D eigenvalue weighted by molar-refractivity contribution is 0.0974. The maximum absolute atomic E-state index is 12.3. The molecule has 3 nitrogen and oxygen atoms in total. The molecule has 0 aliphatic heterocycles. The Kier molecular flexibility index (Phi) is 4.05. The van der Waals surface area contributed by atoms with Gasteiger partial charge in [0.1, 0.15) is 10.7 Å². The molecule has 0 unspecified atom stereocenters. The Balaban J connectivity index is 2.27. The number of Topliss-reactive ketones (excluding diaryl/α,β-unsaturated/α-hetero) is 2. The predicted molar refractivity (Wildman–Crippen MR) is 75.4 cm³/mol. The summed E-state index contributed by atoms with van der Waals surface area (Å²) < 4.78 is 0. The third-order valence-electron chi connectivity index (χ3n) is 3.09. The number of hydrogen-bond donors (Lipinski definition) is 1. The van der Waals surface area contributed by atoms with Crippen LogP contribution < -0.4 is 5.32 Å². The number of allylic oxidation sites excluding steroid dienone is 2. The van der Waals surface area contributed by atoms with Gasteiger partial charge in [-0.05, 0) is 12.3 Å². The average Bonchev–Trinajstić information content (AvgIpc) is 2.40. The summed E-state index contributed by atoms with van der Waals surface area (Å²) in [5.74, 6) is 0.0291. The maximum Gasteiger partial charge on any atom is 0.211 e. The zero-order valence-electron chi connectivity index (χ0n) is 11.0. The number of nitrogens with one attached hydrogen (secondary N) is 1. The van der Waals surface area contributed by atoms with E-state index in [2.05, 4.69) is 19.2 Å². The van der Waals surface area contributed by atoms with E-state index < -0.39 is 0 Å². The molecule has 0 heterocycles. The monoisotopic (exact) mass is 277 g/mol. The Bertz CT molecular complexity index is 561. The minimum atomic E-state index is -0.288. The van der Waals surface area contributed by atoms with Gasteiger partial charge >= 0.3 is 0 Å². The molecule has 1 aromatic rings. The Hall–Kier alpha value is -1.61. The van der Waals surface area contributed by atoms with Gasteiger partial charge in [-0.2, -0.15) is 0 Å². The minimum absolute atomic E-state index is 0.00699. The fourth-order valence-corrected chi connectivity index (χ4v) is 2.24. The van der Waals surface area contributed by atoms with E-state index in [0.717, 1.165) is 6.42 Å². The highest BCUT2D eigenvalue weighted by Gasteiger charge is 2.30. The predicted octanol–water partition coefficient (Wildman–Crippen LogP) is 3.15. The van der Waals surface area contributed by atoms with E-state index in [-0.39, 0.29) is 22.3 Å². The van der Waals surface area contributed by atoms with Gasteiger partial charge in [-0.3, -0.25) is 9.59 Å². The van der Waals surface area contributed by atoms with Crippen molar-refractivity contribution in [1.82, 2.24) is 5.32 Å². The molecule has 100 valence electrons. The molecule has 0 saturated heterocycles. The first-order valence-corrected chi connectivity index (χ1v) is 6.72. The van der Waals surface area contributed by atoms with Crippen LogP contribution in [0, 0.1) is 5.92 Å². The number of benzene rings is 1. The van der Waals surface area contributed by atoms with Crippen LogP contribution in [0.2, 0.25) is 0 Å². The number of fused-ring (bicyclic) bond motifs is 1. The van der Waals surface area contributed by atoms with E-state index in [4.69, 9.17) is 11.6 Å². The first-order valence-electron chi connectivity index (χ1n) is 6.34. The third kappa shape index (κ3) is 2.71. The van der Waals surface area contributed by atoms with Gasteiger partial charge in [0.25, 0.3) is 0 Å². The SMILES string of the molecule is CC(C)CCNC1=C(Cl)C(=O)c2ccccc2C1=O. The van der Waals surface area contributed by atoms with Crippen LogP contribution in [0.5, 0.6) is 0 Å². The Labute approximate surface area is 117 Å². The van der Waals surface area contributed by atoms with Gasteiger partial charge in [-0.25, -0.2) is 0 Å². The molecule has 0 bridgehead atoms. The quantitative estimate of drug-likeness (QED) is 0.920. The molecule has 0 fully saturated rings. The first kappa shape index (κ1) is 13.8. The van der Waals surface area contributed by atoms with E-state index in [1.54, 1.807) is 24.3 Å². The fourth-order valence-electron chi connectivity index (χ4n) is 1.99. The molecule has 1 N–H and O–H groups in total. The highest BCUT2D eigenvalue weighted by Crippen LogP contribution is 2.27.